The zero-order valence-electron chi connectivity index (χ0n) is 16.4. The normalized spacial score (nSPS) is 13.2. The van der Waals surface area contributed by atoms with Crippen LogP contribution in [0.2, 0.25) is 0 Å². The second-order valence-corrected chi connectivity index (χ2v) is 6.53. The van der Waals surface area contributed by atoms with E-state index < -0.39 is 0 Å². The van der Waals surface area contributed by atoms with Crippen molar-refractivity contribution in [2.45, 2.75) is 25.5 Å². The van der Waals surface area contributed by atoms with E-state index in [0.29, 0.717) is 6.54 Å². The number of ether oxygens (including phenoxy) is 2. The number of rotatable bonds is 8. The van der Waals surface area contributed by atoms with Crippen LogP contribution in [-0.2, 0) is 4.74 Å². The van der Waals surface area contributed by atoms with Crippen LogP contribution in [0.3, 0.4) is 0 Å². The molecule has 0 aliphatic heterocycles. The van der Waals surface area contributed by atoms with E-state index in [2.05, 4.69) is 46.8 Å². The van der Waals surface area contributed by atoms with E-state index in [-0.39, 0.29) is 35.6 Å². The average molecular weight is 464 g/mol. The third-order valence-corrected chi connectivity index (χ3v) is 4.02. The first kappa shape index (κ1) is 23.9. The average Bonchev–Trinajstić information content (AvgIpc) is 2.57. The molecule has 0 saturated heterocycles. The van der Waals surface area contributed by atoms with Crippen LogP contribution in [0.4, 0.5) is 0 Å². The van der Waals surface area contributed by atoms with Crippen molar-refractivity contribution in [2.24, 2.45) is 4.99 Å². The molecule has 1 aromatic carbocycles. The Hall–Kier alpha value is -1.06. The number of hydrogen-bond acceptors (Lipinski definition) is 4. The van der Waals surface area contributed by atoms with Crippen LogP contribution >= 0.6 is 24.0 Å². The Kier molecular flexibility index (Phi) is 11.0. The Morgan fingerprint density at radius 3 is 2.44 bits per heavy atom. The third kappa shape index (κ3) is 8.24. The van der Waals surface area contributed by atoms with Gasteiger partial charge in [-0.3, -0.25) is 4.99 Å². The van der Waals surface area contributed by atoms with Gasteiger partial charge in [-0.25, -0.2) is 0 Å². The molecule has 1 unspecified atom stereocenters. The molecule has 0 spiro atoms. The Labute approximate surface area is 169 Å². The lowest BCUT2D eigenvalue weighted by Crippen LogP contribution is -2.47. The Bertz CT molecular complexity index is 536. The predicted octanol–water partition coefficient (Wildman–Crippen LogP) is 2.51. The van der Waals surface area contributed by atoms with Crippen molar-refractivity contribution < 1.29 is 9.47 Å². The highest BCUT2D eigenvalue weighted by molar-refractivity contribution is 14.0. The number of hydrogen-bond donors (Lipinski definition) is 2. The van der Waals surface area contributed by atoms with Crippen molar-refractivity contribution in [3.05, 3.63) is 29.8 Å². The lowest BCUT2D eigenvalue weighted by molar-refractivity contribution is 0.0268. The van der Waals surface area contributed by atoms with Gasteiger partial charge in [0.05, 0.1) is 18.8 Å². The second-order valence-electron chi connectivity index (χ2n) is 6.53. The zero-order chi connectivity index (χ0) is 18.2. The standard InChI is InChI=1S/C18H32N4O2.HI/c1-18(2,24-7)13-21-17(19-3)20-12-16(22(4)5)14-9-8-10-15(11-14)23-6;/h8-11,16H,12-13H2,1-7H3,(H2,19,20,21);1H. The smallest absolute Gasteiger partial charge is 0.191 e. The number of likely N-dealkylation sites (N-methyl/N-ethyl adjacent to an activating group) is 1. The summed E-state index contributed by atoms with van der Waals surface area (Å²) in [4.78, 5) is 6.45. The Morgan fingerprint density at radius 1 is 1.24 bits per heavy atom. The molecule has 1 aromatic rings. The summed E-state index contributed by atoms with van der Waals surface area (Å²) in [5.74, 6) is 1.62. The molecule has 6 nitrogen and oxygen atoms in total. The molecule has 0 fully saturated rings. The number of benzene rings is 1. The van der Waals surface area contributed by atoms with E-state index in [1.807, 2.05) is 26.0 Å². The summed E-state index contributed by atoms with van der Waals surface area (Å²) < 4.78 is 10.8. The minimum absolute atomic E-state index is 0. The van der Waals surface area contributed by atoms with Gasteiger partial charge in [-0.1, -0.05) is 12.1 Å². The number of aliphatic imine (C=N–C) groups is 1. The van der Waals surface area contributed by atoms with Crippen molar-refractivity contribution in [2.75, 3.05) is 48.5 Å². The molecule has 7 heteroatoms. The largest absolute Gasteiger partial charge is 0.497 e. The molecule has 25 heavy (non-hydrogen) atoms. The number of methoxy groups -OCH3 is 2. The van der Waals surface area contributed by atoms with E-state index in [4.69, 9.17) is 9.47 Å². The van der Waals surface area contributed by atoms with Gasteiger partial charge >= 0.3 is 0 Å². The lowest BCUT2D eigenvalue weighted by atomic mass is 10.1. The molecular weight excluding hydrogens is 431 g/mol. The zero-order valence-corrected chi connectivity index (χ0v) is 18.8. The molecule has 0 amide bonds. The number of halogens is 1. The predicted molar refractivity (Wildman–Crippen MR) is 115 cm³/mol. The molecule has 0 aromatic heterocycles. The molecule has 1 atom stereocenters. The summed E-state index contributed by atoms with van der Waals surface area (Å²) in [7, 11) is 9.30. The number of nitrogens with zero attached hydrogens (tertiary/aromatic N) is 2. The van der Waals surface area contributed by atoms with Crippen LogP contribution in [0.1, 0.15) is 25.5 Å². The molecule has 0 aliphatic carbocycles. The van der Waals surface area contributed by atoms with Crippen molar-refractivity contribution >= 4 is 29.9 Å². The quantitative estimate of drug-likeness (QED) is 0.352. The van der Waals surface area contributed by atoms with Crippen LogP contribution in [0.25, 0.3) is 0 Å². The van der Waals surface area contributed by atoms with Crippen molar-refractivity contribution in [1.82, 2.24) is 15.5 Å². The summed E-state index contributed by atoms with van der Waals surface area (Å²) in [5.41, 5.74) is 0.949. The van der Waals surface area contributed by atoms with Crippen LogP contribution < -0.4 is 15.4 Å². The maximum absolute atomic E-state index is 5.42. The number of nitrogens with one attached hydrogen (secondary N) is 2. The Balaban J connectivity index is 0.00000576. The number of guanidine groups is 1. The fraction of sp³-hybridized carbons (Fsp3) is 0.611. The summed E-state index contributed by atoms with van der Waals surface area (Å²) in [5, 5.41) is 6.68. The van der Waals surface area contributed by atoms with Gasteiger partial charge in [0, 0.05) is 27.2 Å². The maximum Gasteiger partial charge on any atom is 0.191 e. The summed E-state index contributed by atoms with van der Waals surface area (Å²) in [6.45, 7) is 5.47. The van der Waals surface area contributed by atoms with Crippen LogP contribution in [-0.4, -0.2) is 64.9 Å². The van der Waals surface area contributed by atoms with E-state index in [9.17, 15) is 0 Å². The molecule has 0 saturated carbocycles. The van der Waals surface area contributed by atoms with Gasteiger partial charge in [0.1, 0.15) is 5.75 Å². The first-order valence-corrected chi connectivity index (χ1v) is 8.13. The van der Waals surface area contributed by atoms with Gasteiger partial charge in [-0.15, -0.1) is 24.0 Å². The van der Waals surface area contributed by atoms with Crippen LogP contribution in [0.5, 0.6) is 5.75 Å². The first-order chi connectivity index (χ1) is 11.3. The van der Waals surface area contributed by atoms with E-state index in [1.54, 1.807) is 21.3 Å². The molecule has 0 heterocycles. The molecule has 0 bridgehead atoms. The van der Waals surface area contributed by atoms with Gasteiger partial charge in [-0.2, -0.15) is 0 Å². The van der Waals surface area contributed by atoms with E-state index in [0.717, 1.165) is 18.3 Å². The topological polar surface area (TPSA) is 58.1 Å². The molecule has 1 rings (SSSR count). The lowest BCUT2D eigenvalue weighted by Gasteiger charge is -2.28. The molecule has 144 valence electrons. The molecule has 0 aliphatic rings. The molecule has 0 radical (unpaired) electrons. The maximum atomic E-state index is 5.42. The highest BCUT2D eigenvalue weighted by atomic mass is 127. The van der Waals surface area contributed by atoms with E-state index in [1.165, 1.54) is 5.56 Å². The summed E-state index contributed by atoms with van der Waals surface area (Å²) >= 11 is 0. The van der Waals surface area contributed by atoms with E-state index >= 15 is 0 Å². The first-order valence-electron chi connectivity index (χ1n) is 8.13. The highest BCUT2D eigenvalue weighted by Crippen LogP contribution is 2.22. The third-order valence-electron chi connectivity index (χ3n) is 4.02. The van der Waals surface area contributed by atoms with Gasteiger partial charge < -0.3 is 25.0 Å². The van der Waals surface area contributed by atoms with Gasteiger partial charge in [0.2, 0.25) is 0 Å². The fourth-order valence-electron chi connectivity index (χ4n) is 2.23. The van der Waals surface area contributed by atoms with Crippen molar-refractivity contribution in [3.8, 4) is 5.75 Å². The van der Waals surface area contributed by atoms with Gasteiger partial charge in [0.25, 0.3) is 0 Å². The van der Waals surface area contributed by atoms with Gasteiger partial charge in [0.15, 0.2) is 5.96 Å². The minimum atomic E-state index is -0.245. The molecular formula is C18H33IN4O2. The van der Waals surface area contributed by atoms with Crippen LogP contribution in [0, 0.1) is 0 Å². The summed E-state index contributed by atoms with van der Waals surface area (Å²) in [6.07, 6.45) is 0. The minimum Gasteiger partial charge on any atom is -0.497 e. The monoisotopic (exact) mass is 464 g/mol. The molecule has 2 N–H and O–H groups in total. The SMILES string of the molecule is CN=C(NCC(c1cccc(OC)c1)N(C)C)NCC(C)(C)OC.I. The van der Waals surface area contributed by atoms with Crippen molar-refractivity contribution in [3.63, 3.8) is 0 Å². The van der Waals surface area contributed by atoms with Gasteiger partial charge in [-0.05, 0) is 45.6 Å². The highest BCUT2D eigenvalue weighted by Gasteiger charge is 2.18. The fourth-order valence-corrected chi connectivity index (χ4v) is 2.23. The second kappa shape index (κ2) is 11.5. The van der Waals surface area contributed by atoms with Crippen LogP contribution in [0.15, 0.2) is 29.3 Å². The van der Waals surface area contributed by atoms with Crippen molar-refractivity contribution in [1.29, 1.82) is 0 Å². The Morgan fingerprint density at radius 2 is 1.92 bits per heavy atom. The summed E-state index contributed by atoms with van der Waals surface area (Å²) in [6, 6.07) is 8.35.